The molecule has 0 fully saturated rings. The highest BCUT2D eigenvalue weighted by Crippen LogP contribution is 2.16. The van der Waals surface area contributed by atoms with Gasteiger partial charge < -0.3 is 21.7 Å². The van der Waals surface area contributed by atoms with Crippen LogP contribution in [0.2, 0.25) is 0 Å². The summed E-state index contributed by atoms with van der Waals surface area (Å²) in [6.07, 6.45) is 0. The van der Waals surface area contributed by atoms with Crippen molar-refractivity contribution in [1.29, 1.82) is 0 Å². The van der Waals surface area contributed by atoms with Crippen LogP contribution in [0.3, 0.4) is 0 Å². The molecular formula is C13H16N2O2. The number of aliphatic hydroxyl groups is 1. The second-order valence-corrected chi connectivity index (χ2v) is 3.42. The lowest BCUT2D eigenvalue weighted by Crippen LogP contribution is -1.91. The first-order valence-corrected chi connectivity index (χ1v) is 5.13. The summed E-state index contributed by atoms with van der Waals surface area (Å²) in [5.41, 5.74) is 12.6. The molecule has 2 rings (SSSR count). The van der Waals surface area contributed by atoms with Crippen LogP contribution in [0.25, 0.3) is 0 Å². The number of benzene rings is 2. The average molecular weight is 232 g/mol. The Kier molecular flexibility index (Phi) is 4.84. The summed E-state index contributed by atoms with van der Waals surface area (Å²) < 4.78 is 0. The lowest BCUT2D eigenvalue weighted by atomic mass is 10.2. The highest BCUT2D eigenvalue weighted by Gasteiger charge is 1.91. The molecule has 4 nitrogen and oxygen atoms in total. The summed E-state index contributed by atoms with van der Waals surface area (Å²) in [4.78, 5) is 0. The molecule has 2 aromatic rings. The van der Waals surface area contributed by atoms with Gasteiger partial charge in [0.15, 0.2) is 0 Å². The van der Waals surface area contributed by atoms with Gasteiger partial charge in [-0.2, -0.15) is 0 Å². The Labute approximate surface area is 100 Å². The van der Waals surface area contributed by atoms with Crippen molar-refractivity contribution in [3.63, 3.8) is 0 Å². The summed E-state index contributed by atoms with van der Waals surface area (Å²) in [7, 11) is 0. The minimum atomic E-state index is 0.0205. The van der Waals surface area contributed by atoms with E-state index in [2.05, 4.69) is 0 Å². The number of anilines is 2. The van der Waals surface area contributed by atoms with Crippen LogP contribution in [0, 0.1) is 0 Å². The third kappa shape index (κ3) is 4.04. The zero-order valence-corrected chi connectivity index (χ0v) is 9.38. The van der Waals surface area contributed by atoms with Crippen molar-refractivity contribution in [3.8, 4) is 5.75 Å². The van der Waals surface area contributed by atoms with Crippen molar-refractivity contribution in [1.82, 2.24) is 0 Å². The smallest absolute Gasteiger partial charge is 0.138 e. The van der Waals surface area contributed by atoms with Crippen molar-refractivity contribution in [2.24, 2.45) is 0 Å². The number of phenolic OH excluding ortho intramolecular Hbond substituents is 1. The summed E-state index contributed by atoms with van der Waals surface area (Å²) in [5, 5.41) is 17.4. The van der Waals surface area contributed by atoms with Gasteiger partial charge >= 0.3 is 0 Å². The number of aromatic hydroxyl groups is 1. The SMILES string of the molecule is Nc1ccccc1CO.Nc1ccccc1O. The monoisotopic (exact) mass is 232 g/mol. The van der Waals surface area contributed by atoms with Crippen LogP contribution in [0.4, 0.5) is 11.4 Å². The van der Waals surface area contributed by atoms with Crippen LogP contribution < -0.4 is 11.5 Å². The molecule has 6 N–H and O–H groups in total. The molecule has 90 valence electrons. The Morgan fingerprint density at radius 1 is 0.824 bits per heavy atom. The van der Waals surface area contributed by atoms with E-state index < -0.39 is 0 Å². The van der Waals surface area contributed by atoms with Crippen molar-refractivity contribution < 1.29 is 10.2 Å². The second-order valence-electron chi connectivity index (χ2n) is 3.42. The van der Waals surface area contributed by atoms with Crippen LogP contribution in [0.1, 0.15) is 5.56 Å². The van der Waals surface area contributed by atoms with Gasteiger partial charge in [0.05, 0.1) is 12.3 Å². The van der Waals surface area contributed by atoms with Crippen molar-refractivity contribution in [2.75, 3.05) is 11.5 Å². The number of hydrogen-bond donors (Lipinski definition) is 4. The summed E-state index contributed by atoms with van der Waals surface area (Å²) in [6, 6.07) is 14.0. The molecule has 0 atom stereocenters. The molecule has 0 aliphatic carbocycles. The first-order valence-electron chi connectivity index (χ1n) is 5.13. The maximum atomic E-state index is 8.79. The predicted octanol–water partition coefficient (Wildman–Crippen LogP) is 1.74. The van der Waals surface area contributed by atoms with Gasteiger partial charge in [-0.3, -0.25) is 0 Å². The first kappa shape index (κ1) is 12.9. The minimum absolute atomic E-state index is 0.0205. The Morgan fingerprint density at radius 3 is 1.71 bits per heavy atom. The Morgan fingerprint density at radius 2 is 1.35 bits per heavy atom. The fourth-order valence-electron chi connectivity index (χ4n) is 1.17. The third-order valence-electron chi connectivity index (χ3n) is 2.16. The molecule has 0 saturated carbocycles. The average Bonchev–Trinajstić information content (AvgIpc) is 2.34. The predicted molar refractivity (Wildman–Crippen MR) is 69.3 cm³/mol. The van der Waals surface area contributed by atoms with Crippen LogP contribution in [-0.4, -0.2) is 10.2 Å². The van der Waals surface area contributed by atoms with E-state index in [1.165, 1.54) is 0 Å². The minimum Gasteiger partial charge on any atom is -0.506 e. The number of aliphatic hydroxyl groups excluding tert-OH is 1. The quantitative estimate of drug-likeness (QED) is 0.445. The highest BCUT2D eigenvalue weighted by atomic mass is 16.3. The van der Waals surface area contributed by atoms with E-state index >= 15 is 0 Å². The molecule has 0 radical (unpaired) electrons. The maximum absolute atomic E-state index is 8.79. The molecule has 17 heavy (non-hydrogen) atoms. The van der Waals surface area contributed by atoms with Crippen LogP contribution in [0.15, 0.2) is 48.5 Å². The maximum Gasteiger partial charge on any atom is 0.138 e. The number of rotatable bonds is 1. The van der Waals surface area contributed by atoms with E-state index in [0.717, 1.165) is 5.56 Å². The van der Waals surface area contributed by atoms with Crippen molar-refractivity contribution >= 4 is 11.4 Å². The van der Waals surface area contributed by atoms with Gasteiger partial charge in [-0.25, -0.2) is 0 Å². The van der Waals surface area contributed by atoms with E-state index in [1.54, 1.807) is 36.4 Å². The van der Waals surface area contributed by atoms with E-state index in [1.807, 2.05) is 12.1 Å². The summed E-state index contributed by atoms with van der Waals surface area (Å²) in [6.45, 7) is 0.0205. The van der Waals surface area contributed by atoms with Gasteiger partial charge in [-0.15, -0.1) is 0 Å². The van der Waals surface area contributed by atoms with E-state index in [9.17, 15) is 0 Å². The lowest BCUT2D eigenvalue weighted by molar-refractivity contribution is 0.282. The summed E-state index contributed by atoms with van der Waals surface area (Å²) in [5.74, 6) is 0.146. The van der Waals surface area contributed by atoms with E-state index in [4.69, 9.17) is 21.7 Å². The molecular weight excluding hydrogens is 216 g/mol. The fraction of sp³-hybridized carbons (Fsp3) is 0.0769. The number of nitrogens with two attached hydrogens (primary N) is 2. The molecule has 0 amide bonds. The second kappa shape index (κ2) is 6.40. The molecule has 0 aliphatic heterocycles. The molecule has 2 aromatic carbocycles. The fourth-order valence-corrected chi connectivity index (χ4v) is 1.17. The van der Waals surface area contributed by atoms with Crippen molar-refractivity contribution in [3.05, 3.63) is 54.1 Å². The Bertz CT molecular complexity index is 451. The molecule has 4 heteroatoms. The lowest BCUT2D eigenvalue weighted by Gasteiger charge is -1.97. The molecule has 0 aliphatic rings. The normalized spacial score (nSPS) is 9.24. The molecule has 0 spiro atoms. The molecule has 0 bridgehead atoms. The molecule has 0 aromatic heterocycles. The Balaban J connectivity index is 0.000000171. The molecule has 0 heterocycles. The van der Waals surface area contributed by atoms with Gasteiger partial charge in [0, 0.05) is 11.3 Å². The standard InChI is InChI=1S/C7H9NO.C6H7NO/c8-7-4-2-1-3-6(7)5-9;7-5-3-1-2-4-6(5)8/h1-4,9H,5,8H2;1-4,8H,7H2. The van der Waals surface area contributed by atoms with E-state index in [0.29, 0.717) is 11.4 Å². The largest absolute Gasteiger partial charge is 0.506 e. The third-order valence-corrected chi connectivity index (χ3v) is 2.16. The van der Waals surface area contributed by atoms with Gasteiger partial charge in [0.2, 0.25) is 0 Å². The van der Waals surface area contributed by atoms with Crippen LogP contribution >= 0.6 is 0 Å². The van der Waals surface area contributed by atoms with Gasteiger partial charge in [-0.1, -0.05) is 30.3 Å². The number of phenols is 1. The van der Waals surface area contributed by atoms with E-state index in [-0.39, 0.29) is 12.4 Å². The highest BCUT2D eigenvalue weighted by molar-refractivity contribution is 5.50. The Hall–Kier alpha value is -2.20. The number of para-hydroxylation sites is 3. The van der Waals surface area contributed by atoms with Gasteiger partial charge in [0.1, 0.15) is 5.75 Å². The number of hydrogen-bond acceptors (Lipinski definition) is 4. The topological polar surface area (TPSA) is 92.5 Å². The van der Waals surface area contributed by atoms with Crippen molar-refractivity contribution in [2.45, 2.75) is 6.61 Å². The zero-order chi connectivity index (χ0) is 12.7. The zero-order valence-electron chi connectivity index (χ0n) is 9.38. The number of nitrogen functional groups attached to an aromatic ring is 2. The van der Waals surface area contributed by atoms with Gasteiger partial charge in [-0.05, 0) is 18.2 Å². The molecule has 0 saturated heterocycles. The first-order chi connectivity index (χ1) is 8.15. The summed E-state index contributed by atoms with van der Waals surface area (Å²) >= 11 is 0. The van der Waals surface area contributed by atoms with Crippen LogP contribution in [0.5, 0.6) is 5.75 Å². The van der Waals surface area contributed by atoms with Gasteiger partial charge in [0.25, 0.3) is 0 Å². The van der Waals surface area contributed by atoms with Crippen LogP contribution in [-0.2, 0) is 6.61 Å². The molecule has 0 unspecified atom stereocenters.